The van der Waals surface area contributed by atoms with Crippen molar-refractivity contribution in [1.29, 1.82) is 0 Å². The van der Waals surface area contributed by atoms with Gasteiger partial charge >= 0.3 is 6.09 Å². The molecule has 0 saturated heterocycles. The third-order valence-corrected chi connectivity index (χ3v) is 4.66. The van der Waals surface area contributed by atoms with Gasteiger partial charge < -0.3 is 14.6 Å². The van der Waals surface area contributed by atoms with E-state index in [0.717, 1.165) is 15.6 Å². The molecule has 0 atom stereocenters. The normalized spacial score (nSPS) is 10.9. The number of nitrogens with one attached hydrogen (secondary N) is 1. The van der Waals surface area contributed by atoms with Crippen molar-refractivity contribution in [3.05, 3.63) is 40.8 Å². The Morgan fingerprint density at radius 2 is 2.22 bits per heavy atom. The topological polar surface area (TPSA) is 56.1 Å². The fourth-order valence-electron chi connectivity index (χ4n) is 2.02. The van der Waals surface area contributed by atoms with Gasteiger partial charge in [-0.25, -0.2) is 9.78 Å². The molecule has 0 unspecified atom stereocenters. The van der Waals surface area contributed by atoms with Gasteiger partial charge in [0.15, 0.2) is 6.61 Å². The lowest BCUT2D eigenvalue weighted by molar-refractivity contribution is 0.138. The summed E-state index contributed by atoms with van der Waals surface area (Å²) < 4.78 is 7.07. The smallest absolute Gasteiger partial charge is 0.407 e. The highest BCUT2D eigenvalue weighted by Crippen LogP contribution is 2.35. The molecule has 0 saturated carbocycles. The van der Waals surface area contributed by atoms with Gasteiger partial charge in [-0.05, 0) is 24.1 Å². The van der Waals surface area contributed by atoms with Crippen LogP contribution in [0.25, 0.3) is 0 Å². The summed E-state index contributed by atoms with van der Waals surface area (Å²) in [6, 6.07) is 7.70. The molecular formula is C16H20ClN3O2S. The SMILES string of the molecule is CNC(=O)OCc1nc(C(C)C)c(Sc2cccc(Cl)c2)n1C. The van der Waals surface area contributed by atoms with Crippen molar-refractivity contribution >= 4 is 29.5 Å². The molecule has 0 spiro atoms. The summed E-state index contributed by atoms with van der Waals surface area (Å²) in [5.74, 6) is 0.971. The van der Waals surface area contributed by atoms with Crippen molar-refractivity contribution in [3.63, 3.8) is 0 Å². The van der Waals surface area contributed by atoms with Crippen LogP contribution in [0.15, 0.2) is 34.2 Å². The predicted molar refractivity (Wildman–Crippen MR) is 92.1 cm³/mol. The number of aromatic nitrogens is 2. The number of hydrogen-bond donors (Lipinski definition) is 1. The molecular weight excluding hydrogens is 334 g/mol. The van der Waals surface area contributed by atoms with E-state index in [0.29, 0.717) is 10.8 Å². The number of carbonyl (C=O) groups excluding carboxylic acids is 1. The van der Waals surface area contributed by atoms with Crippen molar-refractivity contribution in [2.45, 2.75) is 36.3 Å². The number of ether oxygens (including phenoxy) is 1. The number of hydrogen-bond acceptors (Lipinski definition) is 4. The molecule has 0 radical (unpaired) electrons. The van der Waals surface area contributed by atoms with Gasteiger partial charge in [0.05, 0.1) is 5.69 Å². The maximum absolute atomic E-state index is 11.3. The number of imidazole rings is 1. The van der Waals surface area contributed by atoms with Crippen molar-refractivity contribution in [3.8, 4) is 0 Å². The van der Waals surface area contributed by atoms with Crippen LogP contribution in [-0.4, -0.2) is 22.7 Å². The van der Waals surface area contributed by atoms with Crippen LogP contribution < -0.4 is 5.32 Å². The predicted octanol–water partition coefficient (Wildman–Crippen LogP) is 4.20. The van der Waals surface area contributed by atoms with E-state index in [-0.39, 0.29) is 12.5 Å². The van der Waals surface area contributed by atoms with Crippen molar-refractivity contribution in [2.24, 2.45) is 7.05 Å². The second-order valence-electron chi connectivity index (χ2n) is 5.32. The average Bonchev–Trinajstić information content (AvgIpc) is 2.82. The molecule has 23 heavy (non-hydrogen) atoms. The first-order valence-corrected chi connectivity index (χ1v) is 8.45. The second kappa shape index (κ2) is 7.75. The minimum absolute atomic E-state index is 0.131. The Kier molecular flexibility index (Phi) is 5.96. The van der Waals surface area contributed by atoms with E-state index in [1.807, 2.05) is 35.9 Å². The number of carbonyl (C=O) groups is 1. The van der Waals surface area contributed by atoms with Crippen LogP contribution >= 0.6 is 23.4 Å². The third-order valence-electron chi connectivity index (χ3n) is 3.25. The molecule has 0 aliphatic carbocycles. The summed E-state index contributed by atoms with van der Waals surface area (Å²) in [4.78, 5) is 16.9. The largest absolute Gasteiger partial charge is 0.441 e. The minimum atomic E-state index is -0.469. The number of halogens is 1. The first-order valence-electron chi connectivity index (χ1n) is 7.25. The van der Waals surface area contributed by atoms with Gasteiger partial charge in [-0.15, -0.1) is 0 Å². The lowest BCUT2D eigenvalue weighted by Crippen LogP contribution is -2.19. The van der Waals surface area contributed by atoms with Crippen LogP contribution in [0.1, 0.15) is 31.3 Å². The second-order valence-corrected chi connectivity index (χ2v) is 6.82. The van der Waals surface area contributed by atoms with E-state index in [4.69, 9.17) is 16.3 Å². The molecule has 124 valence electrons. The first-order chi connectivity index (χ1) is 10.9. The summed E-state index contributed by atoms with van der Waals surface area (Å²) in [5, 5.41) is 4.15. The lowest BCUT2D eigenvalue weighted by atomic mass is 10.2. The lowest BCUT2D eigenvalue weighted by Gasteiger charge is -2.09. The molecule has 7 heteroatoms. The zero-order valence-corrected chi connectivity index (χ0v) is 15.2. The van der Waals surface area contributed by atoms with Gasteiger partial charge in [-0.3, -0.25) is 0 Å². The van der Waals surface area contributed by atoms with Crippen molar-refractivity contribution in [1.82, 2.24) is 14.9 Å². The molecule has 2 aromatic rings. The zero-order valence-electron chi connectivity index (χ0n) is 13.6. The van der Waals surface area contributed by atoms with Crippen molar-refractivity contribution in [2.75, 3.05) is 7.05 Å². The molecule has 0 aliphatic rings. The molecule has 1 aromatic heterocycles. The summed E-state index contributed by atoms with van der Waals surface area (Å²) in [7, 11) is 3.45. The molecule has 0 aliphatic heterocycles. The van der Waals surface area contributed by atoms with Crippen LogP contribution in [0.2, 0.25) is 5.02 Å². The van der Waals surface area contributed by atoms with E-state index >= 15 is 0 Å². The number of alkyl carbamates (subject to hydrolysis) is 1. The van der Waals surface area contributed by atoms with Crippen LogP contribution in [0.3, 0.4) is 0 Å². The Labute approximate surface area is 145 Å². The van der Waals surface area contributed by atoms with Crippen LogP contribution in [-0.2, 0) is 18.4 Å². The molecule has 5 nitrogen and oxygen atoms in total. The first kappa shape index (κ1) is 17.7. The molecule has 0 fully saturated rings. The Bertz CT molecular complexity index is 701. The molecule has 0 bridgehead atoms. The van der Waals surface area contributed by atoms with Gasteiger partial charge in [0.1, 0.15) is 10.9 Å². The van der Waals surface area contributed by atoms with Crippen LogP contribution in [0.5, 0.6) is 0 Å². The maximum Gasteiger partial charge on any atom is 0.407 e. The van der Waals surface area contributed by atoms with E-state index in [1.54, 1.807) is 11.8 Å². The number of nitrogens with zero attached hydrogens (tertiary/aromatic N) is 2. The number of benzene rings is 1. The van der Waals surface area contributed by atoms with E-state index in [9.17, 15) is 4.79 Å². The third kappa shape index (κ3) is 4.42. The number of rotatable bonds is 5. The highest BCUT2D eigenvalue weighted by molar-refractivity contribution is 7.99. The summed E-state index contributed by atoms with van der Waals surface area (Å²) >= 11 is 7.66. The van der Waals surface area contributed by atoms with E-state index < -0.39 is 6.09 Å². The van der Waals surface area contributed by atoms with Gasteiger partial charge in [-0.1, -0.05) is 43.3 Å². The summed E-state index contributed by atoms with van der Waals surface area (Å²) in [6.07, 6.45) is -0.469. The summed E-state index contributed by atoms with van der Waals surface area (Å²) in [6.45, 7) is 4.31. The monoisotopic (exact) mass is 353 g/mol. The summed E-state index contributed by atoms with van der Waals surface area (Å²) in [5.41, 5.74) is 0.980. The highest BCUT2D eigenvalue weighted by Gasteiger charge is 2.19. The fraction of sp³-hybridized carbons (Fsp3) is 0.375. The Morgan fingerprint density at radius 1 is 1.48 bits per heavy atom. The molecule has 1 amide bonds. The van der Waals surface area contributed by atoms with E-state index in [1.165, 1.54) is 7.05 Å². The standard InChI is InChI=1S/C16H20ClN3O2S/c1-10(2)14-15(23-12-7-5-6-11(17)8-12)20(4)13(19-14)9-22-16(21)18-3/h5-8,10H,9H2,1-4H3,(H,18,21). The fourth-order valence-corrected chi connectivity index (χ4v) is 3.46. The molecule has 1 N–H and O–H groups in total. The number of amides is 1. The average molecular weight is 354 g/mol. The maximum atomic E-state index is 11.3. The van der Waals surface area contributed by atoms with E-state index in [2.05, 4.69) is 24.1 Å². The zero-order chi connectivity index (χ0) is 17.0. The Balaban J connectivity index is 2.30. The van der Waals surface area contributed by atoms with Gasteiger partial charge in [0.2, 0.25) is 0 Å². The van der Waals surface area contributed by atoms with Crippen LogP contribution in [0, 0.1) is 0 Å². The Hall–Kier alpha value is -1.66. The van der Waals surface area contributed by atoms with Gasteiger partial charge in [0, 0.05) is 24.0 Å². The molecule has 2 rings (SSSR count). The van der Waals surface area contributed by atoms with Crippen molar-refractivity contribution < 1.29 is 9.53 Å². The van der Waals surface area contributed by atoms with Gasteiger partial charge in [0.25, 0.3) is 0 Å². The Morgan fingerprint density at radius 3 is 2.83 bits per heavy atom. The van der Waals surface area contributed by atoms with Crippen LogP contribution in [0.4, 0.5) is 4.79 Å². The molecule has 1 aromatic carbocycles. The molecule has 1 heterocycles. The van der Waals surface area contributed by atoms with Gasteiger partial charge in [-0.2, -0.15) is 0 Å². The quantitative estimate of drug-likeness (QED) is 0.875. The minimum Gasteiger partial charge on any atom is -0.441 e. The highest BCUT2D eigenvalue weighted by atomic mass is 35.5.